The SMILES string of the molecule is COc1ccc(C2CCNC(C(=O)N(C)C)C2)cc1F. The monoisotopic (exact) mass is 280 g/mol. The molecule has 1 aliphatic heterocycles. The molecule has 0 aliphatic carbocycles. The number of methoxy groups -OCH3 is 1. The van der Waals surface area contributed by atoms with Gasteiger partial charge in [-0.3, -0.25) is 4.79 Å². The second-order valence-corrected chi connectivity index (χ2v) is 5.35. The maximum Gasteiger partial charge on any atom is 0.239 e. The zero-order valence-electron chi connectivity index (χ0n) is 12.1. The maximum absolute atomic E-state index is 13.8. The van der Waals surface area contributed by atoms with Crippen molar-refractivity contribution in [3.05, 3.63) is 29.6 Å². The van der Waals surface area contributed by atoms with Crippen LogP contribution in [0.25, 0.3) is 0 Å². The highest BCUT2D eigenvalue weighted by atomic mass is 19.1. The first-order chi connectivity index (χ1) is 9.52. The van der Waals surface area contributed by atoms with Crippen molar-refractivity contribution < 1.29 is 13.9 Å². The average molecular weight is 280 g/mol. The lowest BCUT2D eigenvalue weighted by molar-refractivity contribution is -0.131. The molecule has 0 saturated carbocycles. The van der Waals surface area contributed by atoms with E-state index >= 15 is 0 Å². The van der Waals surface area contributed by atoms with Crippen molar-refractivity contribution in [1.29, 1.82) is 0 Å². The van der Waals surface area contributed by atoms with E-state index in [0.29, 0.717) is 6.42 Å². The van der Waals surface area contributed by atoms with Crippen LogP contribution < -0.4 is 10.1 Å². The summed E-state index contributed by atoms with van der Waals surface area (Å²) >= 11 is 0. The third-order valence-corrected chi connectivity index (χ3v) is 3.79. The van der Waals surface area contributed by atoms with Gasteiger partial charge in [-0.2, -0.15) is 0 Å². The van der Waals surface area contributed by atoms with Gasteiger partial charge in [0.2, 0.25) is 5.91 Å². The maximum atomic E-state index is 13.8. The molecule has 0 radical (unpaired) electrons. The van der Waals surface area contributed by atoms with Crippen molar-refractivity contribution in [1.82, 2.24) is 10.2 Å². The Hall–Kier alpha value is -1.62. The number of benzene rings is 1. The predicted octanol–water partition coefficient (Wildman–Crippen LogP) is 1.76. The quantitative estimate of drug-likeness (QED) is 0.917. The largest absolute Gasteiger partial charge is 0.494 e. The molecule has 1 N–H and O–H groups in total. The van der Waals surface area contributed by atoms with Gasteiger partial charge in [0.1, 0.15) is 0 Å². The Labute approximate surface area is 118 Å². The number of hydrogen-bond acceptors (Lipinski definition) is 3. The van der Waals surface area contributed by atoms with Gasteiger partial charge in [0, 0.05) is 14.1 Å². The molecule has 1 aromatic carbocycles. The summed E-state index contributed by atoms with van der Waals surface area (Å²) in [6.45, 7) is 0.766. The van der Waals surface area contributed by atoms with Crippen LogP contribution in [0.2, 0.25) is 0 Å². The van der Waals surface area contributed by atoms with E-state index in [2.05, 4.69) is 5.32 Å². The molecule has 2 atom stereocenters. The van der Waals surface area contributed by atoms with Gasteiger partial charge in [0.25, 0.3) is 0 Å². The lowest BCUT2D eigenvalue weighted by atomic mass is 9.86. The molecule has 1 aromatic rings. The van der Waals surface area contributed by atoms with E-state index in [1.54, 1.807) is 25.1 Å². The predicted molar refractivity (Wildman–Crippen MR) is 75.4 cm³/mol. The van der Waals surface area contributed by atoms with Crippen LogP contribution in [0.1, 0.15) is 24.3 Å². The Morgan fingerprint density at radius 2 is 2.20 bits per heavy atom. The number of amides is 1. The molecule has 4 nitrogen and oxygen atoms in total. The third kappa shape index (κ3) is 3.10. The standard InChI is InChI=1S/C15H21FN2O2/c1-18(2)15(19)13-9-11(6-7-17-13)10-4-5-14(20-3)12(16)8-10/h4-5,8,11,13,17H,6-7,9H2,1-3H3. The van der Waals surface area contributed by atoms with Crippen molar-refractivity contribution in [3.63, 3.8) is 0 Å². The summed E-state index contributed by atoms with van der Waals surface area (Å²) in [5.41, 5.74) is 0.932. The molecule has 2 rings (SSSR count). The number of hydrogen-bond donors (Lipinski definition) is 1. The number of nitrogens with zero attached hydrogens (tertiary/aromatic N) is 1. The van der Waals surface area contributed by atoms with Crippen LogP contribution >= 0.6 is 0 Å². The van der Waals surface area contributed by atoms with Crippen LogP contribution in [0.4, 0.5) is 4.39 Å². The summed E-state index contributed by atoms with van der Waals surface area (Å²) in [6.07, 6.45) is 1.60. The fourth-order valence-electron chi connectivity index (χ4n) is 2.66. The first-order valence-corrected chi connectivity index (χ1v) is 6.81. The van der Waals surface area contributed by atoms with Gasteiger partial charge in [-0.05, 0) is 43.0 Å². The zero-order valence-corrected chi connectivity index (χ0v) is 12.1. The molecule has 1 amide bonds. The van der Waals surface area contributed by atoms with E-state index in [4.69, 9.17) is 4.74 Å². The average Bonchev–Trinajstić information content (AvgIpc) is 2.46. The van der Waals surface area contributed by atoms with Gasteiger partial charge >= 0.3 is 0 Å². The molecule has 0 aromatic heterocycles. The molecular formula is C15H21FN2O2. The highest BCUT2D eigenvalue weighted by molar-refractivity contribution is 5.81. The van der Waals surface area contributed by atoms with E-state index in [9.17, 15) is 9.18 Å². The van der Waals surface area contributed by atoms with Crippen LogP contribution in [0.3, 0.4) is 0 Å². The minimum absolute atomic E-state index is 0.0729. The number of rotatable bonds is 3. The van der Waals surface area contributed by atoms with Gasteiger partial charge in [-0.15, -0.1) is 0 Å². The van der Waals surface area contributed by atoms with Crippen LogP contribution in [-0.4, -0.2) is 44.6 Å². The van der Waals surface area contributed by atoms with Crippen molar-refractivity contribution in [2.75, 3.05) is 27.7 Å². The summed E-state index contributed by atoms with van der Waals surface area (Å²) in [5.74, 6) is 0.178. The molecule has 1 saturated heterocycles. The Bertz CT molecular complexity index is 491. The molecular weight excluding hydrogens is 259 g/mol. The molecule has 1 heterocycles. The molecule has 20 heavy (non-hydrogen) atoms. The Kier molecular flexibility index (Phi) is 4.60. The number of piperidine rings is 1. The second-order valence-electron chi connectivity index (χ2n) is 5.35. The summed E-state index contributed by atoms with van der Waals surface area (Å²) in [5, 5.41) is 3.23. The van der Waals surface area contributed by atoms with E-state index in [1.807, 2.05) is 6.07 Å². The van der Waals surface area contributed by atoms with Gasteiger partial charge in [-0.25, -0.2) is 4.39 Å². The molecule has 2 unspecified atom stereocenters. The normalized spacial score (nSPS) is 22.4. The number of halogens is 1. The van der Waals surface area contributed by atoms with Crippen molar-refractivity contribution in [3.8, 4) is 5.75 Å². The highest BCUT2D eigenvalue weighted by Gasteiger charge is 2.28. The van der Waals surface area contributed by atoms with Crippen LogP contribution in [0.15, 0.2) is 18.2 Å². The zero-order chi connectivity index (χ0) is 14.7. The topological polar surface area (TPSA) is 41.6 Å². The van der Waals surface area contributed by atoms with Gasteiger partial charge in [-0.1, -0.05) is 6.07 Å². The first-order valence-electron chi connectivity index (χ1n) is 6.81. The van der Waals surface area contributed by atoms with Gasteiger partial charge < -0.3 is 15.0 Å². The first kappa shape index (κ1) is 14.8. The van der Waals surface area contributed by atoms with E-state index in [1.165, 1.54) is 13.2 Å². The third-order valence-electron chi connectivity index (χ3n) is 3.79. The minimum atomic E-state index is -0.348. The van der Waals surface area contributed by atoms with Crippen LogP contribution in [-0.2, 0) is 4.79 Å². The smallest absolute Gasteiger partial charge is 0.239 e. The van der Waals surface area contributed by atoms with Gasteiger partial charge in [0.15, 0.2) is 11.6 Å². The lowest BCUT2D eigenvalue weighted by Gasteiger charge is -2.31. The Morgan fingerprint density at radius 1 is 1.45 bits per heavy atom. The van der Waals surface area contributed by atoms with E-state index in [-0.39, 0.29) is 29.4 Å². The van der Waals surface area contributed by atoms with Gasteiger partial charge in [0.05, 0.1) is 13.2 Å². The van der Waals surface area contributed by atoms with E-state index in [0.717, 1.165) is 18.5 Å². The fraction of sp³-hybridized carbons (Fsp3) is 0.533. The molecule has 0 spiro atoms. The van der Waals surface area contributed by atoms with Crippen molar-refractivity contribution >= 4 is 5.91 Å². The summed E-state index contributed by atoms with van der Waals surface area (Å²) in [4.78, 5) is 13.6. The number of ether oxygens (including phenoxy) is 1. The summed E-state index contributed by atoms with van der Waals surface area (Å²) < 4.78 is 18.7. The van der Waals surface area contributed by atoms with Crippen LogP contribution in [0.5, 0.6) is 5.75 Å². The minimum Gasteiger partial charge on any atom is -0.494 e. The fourth-order valence-corrected chi connectivity index (χ4v) is 2.66. The molecule has 110 valence electrons. The van der Waals surface area contributed by atoms with Crippen LogP contribution in [0, 0.1) is 5.82 Å². The second kappa shape index (κ2) is 6.22. The van der Waals surface area contributed by atoms with Crippen molar-refractivity contribution in [2.24, 2.45) is 0 Å². The molecule has 1 fully saturated rings. The highest BCUT2D eigenvalue weighted by Crippen LogP contribution is 2.30. The molecule has 5 heteroatoms. The van der Waals surface area contributed by atoms with Crippen molar-refractivity contribution in [2.45, 2.75) is 24.8 Å². The molecule has 0 bridgehead atoms. The Balaban J connectivity index is 2.12. The summed E-state index contributed by atoms with van der Waals surface area (Å²) in [7, 11) is 4.95. The van der Waals surface area contributed by atoms with E-state index < -0.39 is 0 Å². The number of carbonyl (C=O) groups is 1. The number of nitrogens with one attached hydrogen (secondary N) is 1. The Morgan fingerprint density at radius 3 is 2.80 bits per heavy atom. The number of carbonyl (C=O) groups excluding carboxylic acids is 1. The number of likely N-dealkylation sites (N-methyl/N-ethyl adjacent to an activating group) is 1. The summed E-state index contributed by atoms with van der Waals surface area (Å²) in [6, 6.07) is 4.87. The lowest BCUT2D eigenvalue weighted by Crippen LogP contribution is -2.47. The molecule has 1 aliphatic rings.